The van der Waals surface area contributed by atoms with E-state index >= 15 is 0 Å². The van der Waals surface area contributed by atoms with Gasteiger partial charge in [0.15, 0.2) is 0 Å². The molecule has 1 aromatic rings. The molecule has 1 heteroatoms. The van der Waals surface area contributed by atoms with Crippen molar-refractivity contribution >= 4 is 6.08 Å². The number of rotatable bonds is 5. The van der Waals surface area contributed by atoms with E-state index in [-0.39, 0.29) is 0 Å². The molecule has 0 aliphatic rings. The van der Waals surface area contributed by atoms with Crippen LogP contribution in [-0.2, 0) is 0 Å². The molecule has 0 saturated carbocycles. The third kappa shape index (κ3) is 4.13. The largest absolute Gasteiger partial charge is 0.297 e. The number of hydrogen-bond acceptors (Lipinski definition) is 1. The predicted octanol–water partition coefficient (Wildman–Crippen LogP) is 3.21. The number of likely N-dealkylation sites (N-methyl/N-ethyl adjacent to an activating group) is 1. The molecule has 1 nitrogen and oxygen atoms in total. The first-order valence-corrected chi connectivity index (χ1v) is 5.28. The van der Waals surface area contributed by atoms with Gasteiger partial charge in [-0.3, -0.25) is 4.90 Å². The van der Waals surface area contributed by atoms with Crippen molar-refractivity contribution in [2.45, 2.75) is 13.0 Å². The zero-order valence-corrected chi connectivity index (χ0v) is 9.56. The van der Waals surface area contributed by atoms with Crippen LogP contribution in [0.5, 0.6) is 0 Å². The smallest absolute Gasteiger partial charge is 0.0253 e. The minimum Gasteiger partial charge on any atom is -0.297 e. The molecule has 1 atom stereocenters. The van der Waals surface area contributed by atoms with E-state index in [1.807, 2.05) is 12.1 Å². The lowest BCUT2D eigenvalue weighted by atomic mass is 10.2. The highest BCUT2D eigenvalue weighted by molar-refractivity contribution is 5.49. The molecule has 0 N–H and O–H groups in total. The van der Waals surface area contributed by atoms with E-state index in [9.17, 15) is 0 Å². The van der Waals surface area contributed by atoms with Crippen molar-refractivity contribution in [2.75, 3.05) is 13.6 Å². The van der Waals surface area contributed by atoms with E-state index in [2.05, 4.69) is 61.9 Å². The second kappa shape index (κ2) is 6.20. The van der Waals surface area contributed by atoms with Gasteiger partial charge in [0.1, 0.15) is 0 Å². The fraction of sp³-hybridized carbons (Fsp3) is 0.286. The highest BCUT2D eigenvalue weighted by atomic mass is 15.1. The van der Waals surface area contributed by atoms with Gasteiger partial charge >= 0.3 is 0 Å². The van der Waals surface area contributed by atoms with Crippen LogP contribution in [0, 0.1) is 0 Å². The summed E-state index contributed by atoms with van der Waals surface area (Å²) in [5.41, 5.74) is 1.25. The molecule has 0 heterocycles. The molecular formula is C14H19N. The minimum atomic E-state index is 0.434. The Hall–Kier alpha value is -1.34. The molecule has 0 fully saturated rings. The summed E-state index contributed by atoms with van der Waals surface area (Å²) in [6, 6.07) is 10.8. The van der Waals surface area contributed by atoms with Gasteiger partial charge in [0.25, 0.3) is 0 Å². The molecule has 0 bridgehead atoms. The quantitative estimate of drug-likeness (QED) is 0.661. The summed E-state index contributed by atoms with van der Waals surface area (Å²) in [7, 11) is 2.10. The first-order valence-electron chi connectivity index (χ1n) is 5.28. The van der Waals surface area contributed by atoms with E-state index in [4.69, 9.17) is 0 Å². The van der Waals surface area contributed by atoms with Gasteiger partial charge in [0.2, 0.25) is 0 Å². The molecule has 15 heavy (non-hydrogen) atoms. The summed E-state index contributed by atoms with van der Waals surface area (Å²) in [5, 5.41) is 0. The summed E-state index contributed by atoms with van der Waals surface area (Å²) in [5.74, 6) is 0. The molecule has 0 radical (unpaired) electrons. The maximum absolute atomic E-state index is 3.74. The fourth-order valence-electron chi connectivity index (χ4n) is 1.33. The summed E-state index contributed by atoms with van der Waals surface area (Å²) in [6.45, 7) is 6.84. The number of hydrogen-bond donors (Lipinski definition) is 0. The fourth-order valence-corrected chi connectivity index (χ4v) is 1.33. The van der Waals surface area contributed by atoms with Crippen LogP contribution in [0.3, 0.4) is 0 Å². The van der Waals surface area contributed by atoms with E-state index in [1.54, 1.807) is 0 Å². The van der Waals surface area contributed by atoms with Crippen molar-refractivity contribution in [2.24, 2.45) is 0 Å². The summed E-state index contributed by atoms with van der Waals surface area (Å²) < 4.78 is 0. The number of nitrogens with zero attached hydrogens (tertiary/aromatic N) is 1. The van der Waals surface area contributed by atoms with Crippen molar-refractivity contribution < 1.29 is 0 Å². The Morgan fingerprint density at radius 2 is 2.00 bits per heavy atom. The zero-order valence-electron chi connectivity index (χ0n) is 9.56. The lowest BCUT2D eigenvalue weighted by Gasteiger charge is -2.19. The van der Waals surface area contributed by atoms with Crippen molar-refractivity contribution in [3.05, 3.63) is 54.6 Å². The Bertz CT molecular complexity index is 313. The van der Waals surface area contributed by atoms with Gasteiger partial charge in [-0.2, -0.15) is 0 Å². The van der Waals surface area contributed by atoms with Crippen LogP contribution in [-0.4, -0.2) is 24.5 Å². The van der Waals surface area contributed by atoms with Crippen molar-refractivity contribution in [3.8, 4) is 0 Å². The average Bonchev–Trinajstić information content (AvgIpc) is 2.27. The number of benzene rings is 1. The molecule has 80 valence electrons. The molecule has 1 rings (SSSR count). The van der Waals surface area contributed by atoms with E-state index in [0.717, 1.165) is 6.54 Å². The highest BCUT2D eigenvalue weighted by Crippen LogP contribution is 2.04. The van der Waals surface area contributed by atoms with Gasteiger partial charge in [-0.1, -0.05) is 48.6 Å². The molecule has 1 aromatic carbocycles. The molecule has 0 unspecified atom stereocenters. The predicted molar refractivity (Wildman–Crippen MR) is 67.8 cm³/mol. The van der Waals surface area contributed by atoms with Crippen LogP contribution < -0.4 is 0 Å². The molecule has 0 saturated heterocycles. The third-order valence-corrected chi connectivity index (χ3v) is 2.48. The lowest BCUT2D eigenvalue weighted by molar-refractivity contribution is 0.330. The van der Waals surface area contributed by atoms with Crippen molar-refractivity contribution in [1.82, 2.24) is 4.90 Å². The molecule has 0 amide bonds. The Kier molecular flexibility index (Phi) is 4.85. The Morgan fingerprint density at radius 3 is 2.60 bits per heavy atom. The Morgan fingerprint density at radius 1 is 1.33 bits per heavy atom. The second-order valence-corrected chi connectivity index (χ2v) is 3.74. The third-order valence-electron chi connectivity index (χ3n) is 2.48. The zero-order chi connectivity index (χ0) is 11.1. The van der Waals surface area contributed by atoms with Crippen molar-refractivity contribution in [1.29, 1.82) is 0 Å². The highest BCUT2D eigenvalue weighted by Gasteiger charge is 2.01. The average molecular weight is 201 g/mol. The summed E-state index contributed by atoms with van der Waals surface area (Å²) in [6.07, 6.45) is 6.29. The summed E-state index contributed by atoms with van der Waals surface area (Å²) in [4.78, 5) is 2.24. The van der Waals surface area contributed by atoms with E-state index < -0.39 is 0 Å². The van der Waals surface area contributed by atoms with Crippen LogP contribution in [0.1, 0.15) is 12.5 Å². The van der Waals surface area contributed by atoms with Gasteiger partial charge in [0, 0.05) is 12.6 Å². The second-order valence-electron chi connectivity index (χ2n) is 3.74. The molecule has 0 aliphatic carbocycles. The Labute approximate surface area is 92.7 Å². The van der Waals surface area contributed by atoms with E-state index in [0.29, 0.717) is 6.04 Å². The molecule has 0 spiro atoms. The van der Waals surface area contributed by atoms with Crippen molar-refractivity contribution in [3.63, 3.8) is 0 Å². The van der Waals surface area contributed by atoms with E-state index in [1.165, 1.54) is 5.56 Å². The van der Waals surface area contributed by atoms with Crippen LogP contribution in [0.4, 0.5) is 0 Å². The molecule has 0 aromatic heterocycles. The topological polar surface area (TPSA) is 3.24 Å². The first kappa shape index (κ1) is 11.7. The van der Waals surface area contributed by atoms with Gasteiger partial charge in [0.05, 0.1) is 0 Å². The molecular weight excluding hydrogens is 182 g/mol. The lowest BCUT2D eigenvalue weighted by Crippen LogP contribution is -2.27. The van der Waals surface area contributed by atoms with Gasteiger partial charge < -0.3 is 0 Å². The SMILES string of the molecule is C=CCN(C)[C@@H](C)/C=C/c1ccccc1. The monoisotopic (exact) mass is 201 g/mol. The van der Waals surface area contributed by atoms with Gasteiger partial charge in [-0.05, 0) is 19.5 Å². The van der Waals surface area contributed by atoms with Crippen LogP contribution in [0.25, 0.3) is 6.08 Å². The van der Waals surface area contributed by atoms with Gasteiger partial charge in [-0.25, -0.2) is 0 Å². The van der Waals surface area contributed by atoms with Crippen LogP contribution in [0.15, 0.2) is 49.1 Å². The minimum absolute atomic E-state index is 0.434. The van der Waals surface area contributed by atoms with Gasteiger partial charge in [-0.15, -0.1) is 6.58 Å². The molecule has 0 aliphatic heterocycles. The van der Waals surface area contributed by atoms with Crippen LogP contribution >= 0.6 is 0 Å². The Balaban J connectivity index is 2.54. The summed E-state index contributed by atoms with van der Waals surface area (Å²) >= 11 is 0. The standard InChI is InChI=1S/C14H19N/c1-4-12-15(3)13(2)10-11-14-8-6-5-7-9-14/h4-11,13H,1,12H2,2-3H3/b11-10+/t13-/m0/s1. The normalized spacial score (nSPS) is 13.3. The first-order chi connectivity index (χ1) is 7.24. The maximum Gasteiger partial charge on any atom is 0.0253 e. The van der Waals surface area contributed by atoms with Crippen LogP contribution in [0.2, 0.25) is 0 Å². The maximum atomic E-state index is 3.74.